The largest absolute Gasteiger partial charge is 0.493 e. The molecule has 9 nitrogen and oxygen atoms in total. The van der Waals surface area contributed by atoms with Gasteiger partial charge in [0.1, 0.15) is 12.8 Å². The van der Waals surface area contributed by atoms with Crippen molar-refractivity contribution in [2.24, 2.45) is 0 Å². The van der Waals surface area contributed by atoms with Crippen LogP contribution in [0.4, 0.5) is 0 Å². The average Bonchev–Trinajstić information content (AvgIpc) is 2.74. The van der Waals surface area contributed by atoms with Crippen LogP contribution in [0.2, 0.25) is 0 Å². The van der Waals surface area contributed by atoms with E-state index in [0.29, 0.717) is 35.9 Å². The maximum absolute atomic E-state index is 13.2. The summed E-state index contributed by atoms with van der Waals surface area (Å²) in [6.45, 7) is 7.23. The van der Waals surface area contributed by atoms with Crippen molar-refractivity contribution in [3.8, 4) is 17.2 Å². The van der Waals surface area contributed by atoms with Gasteiger partial charge in [-0.05, 0) is 32.9 Å². The first-order valence-electron chi connectivity index (χ1n) is 9.70. The zero-order valence-electron chi connectivity index (χ0n) is 18.8. The minimum absolute atomic E-state index is 0.190. The summed E-state index contributed by atoms with van der Waals surface area (Å²) < 4.78 is 26.8. The minimum Gasteiger partial charge on any atom is -0.493 e. The molecular formula is C21H32N2O7. The third kappa shape index (κ3) is 5.54. The second-order valence-electron chi connectivity index (χ2n) is 7.90. The number of nitrogens with zero attached hydrogens (tertiary/aromatic N) is 2. The standard InChI is InChI=1S/C21H32N2O7/c1-21(2,3)30-13-23-9-8-22(12-15(23)20(25)29-7)19(24)14-10-16(26-4)18(28-6)17(11-14)27-5/h10-11,15H,8-9,12-13H2,1-7H3. The van der Waals surface area contributed by atoms with E-state index in [4.69, 9.17) is 23.7 Å². The Kier molecular flexibility index (Phi) is 7.91. The predicted molar refractivity (Wildman–Crippen MR) is 110 cm³/mol. The molecule has 1 saturated heterocycles. The fraction of sp³-hybridized carbons (Fsp3) is 0.619. The number of carbonyl (C=O) groups is 2. The predicted octanol–water partition coefficient (Wildman–Crippen LogP) is 1.78. The van der Waals surface area contributed by atoms with Crippen molar-refractivity contribution >= 4 is 11.9 Å². The molecule has 0 saturated carbocycles. The summed E-state index contributed by atoms with van der Waals surface area (Å²) in [5, 5.41) is 0. The van der Waals surface area contributed by atoms with Gasteiger partial charge in [0.25, 0.3) is 5.91 Å². The van der Waals surface area contributed by atoms with E-state index in [1.807, 2.05) is 25.7 Å². The van der Waals surface area contributed by atoms with Crippen LogP contribution in [0.25, 0.3) is 0 Å². The van der Waals surface area contributed by atoms with Crippen molar-refractivity contribution in [2.75, 3.05) is 54.8 Å². The summed E-state index contributed by atoms with van der Waals surface area (Å²) in [6.07, 6.45) is 0. The van der Waals surface area contributed by atoms with Crippen LogP contribution in [0.15, 0.2) is 12.1 Å². The molecule has 2 rings (SSSR count). The monoisotopic (exact) mass is 424 g/mol. The van der Waals surface area contributed by atoms with E-state index in [2.05, 4.69) is 0 Å². The average molecular weight is 424 g/mol. The lowest BCUT2D eigenvalue weighted by Crippen LogP contribution is -2.58. The topological polar surface area (TPSA) is 86.8 Å². The van der Waals surface area contributed by atoms with Gasteiger partial charge in [-0.1, -0.05) is 0 Å². The van der Waals surface area contributed by atoms with Gasteiger partial charge >= 0.3 is 5.97 Å². The van der Waals surface area contributed by atoms with Crippen LogP contribution < -0.4 is 14.2 Å². The van der Waals surface area contributed by atoms with Crippen LogP contribution in [-0.2, 0) is 14.3 Å². The van der Waals surface area contributed by atoms with Gasteiger partial charge in [0.05, 0.1) is 34.0 Å². The summed E-state index contributed by atoms with van der Waals surface area (Å²) in [6, 6.07) is 2.59. The van der Waals surface area contributed by atoms with Crippen molar-refractivity contribution < 1.29 is 33.3 Å². The zero-order valence-corrected chi connectivity index (χ0v) is 18.8. The van der Waals surface area contributed by atoms with E-state index in [9.17, 15) is 9.59 Å². The number of piperazine rings is 1. The number of esters is 1. The van der Waals surface area contributed by atoms with E-state index in [0.717, 1.165) is 0 Å². The van der Waals surface area contributed by atoms with Crippen LogP contribution >= 0.6 is 0 Å². The highest BCUT2D eigenvalue weighted by atomic mass is 16.5. The Hall–Kier alpha value is -2.52. The van der Waals surface area contributed by atoms with Crippen molar-refractivity contribution in [2.45, 2.75) is 32.4 Å². The van der Waals surface area contributed by atoms with Gasteiger partial charge in [-0.15, -0.1) is 0 Å². The zero-order chi connectivity index (χ0) is 22.5. The molecule has 1 amide bonds. The van der Waals surface area contributed by atoms with Gasteiger partial charge < -0.3 is 28.6 Å². The molecule has 0 radical (unpaired) electrons. The van der Waals surface area contributed by atoms with Gasteiger partial charge in [0, 0.05) is 25.2 Å². The molecule has 168 valence electrons. The third-order valence-electron chi connectivity index (χ3n) is 4.83. The van der Waals surface area contributed by atoms with Gasteiger partial charge in [-0.2, -0.15) is 0 Å². The Morgan fingerprint density at radius 2 is 1.60 bits per heavy atom. The van der Waals surface area contributed by atoms with Crippen molar-refractivity contribution in [3.63, 3.8) is 0 Å². The van der Waals surface area contributed by atoms with Crippen molar-refractivity contribution in [1.82, 2.24) is 9.80 Å². The molecule has 1 heterocycles. The molecule has 1 aromatic carbocycles. The first-order valence-corrected chi connectivity index (χ1v) is 9.70. The fourth-order valence-corrected chi connectivity index (χ4v) is 3.18. The molecule has 0 N–H and O–H groups in total. The number of hydrogen-bond acceptors (Lipinski definition) is 8. The first-order chi connectivity index (χ1) is 14.1. The molecule has 1 aliphatic rings. The second-order valence-corrected chi connectivity index (χ2v) is 7.90. The Morgan fingerprint density at radius 3 is 2.07 bits per heavy atom. The number of ether oxygens (including phenoxy) is 5. The van der Waals surface area contributed by atoms with Crippen LogP contribution in [0.5, 0.6) is 17.2 Å². The second kappa shape index (κ2) is 9.99. The lowest BCUT2D eigenvalue weighted by Gasteiger charge is -2.40. The molecule has 0 spiro atoms. The number of amides is 1. The van der Waals surface area contributed by atoms with E-state index in [-0.39, 0.29) is 24.8 Å². The van der Waals surface area contributed by atoms with E-state index in [1.165, 1.54) is 28.4 Å². The molecule has 1 fully saturated rings. The highest BCUT2D eigenvalue weighted by Gasteiger charge is 2.36. The smallest absolute Gasteiger partial charge is 0.325 e. The molecule has 1 atom stereocenters. The molecule has 0 aliphatic carbocycles. The summed E-state index contributed by atoms with van der Waals surface area (Å²) in [4.78, 5) is 29.1. The Bertz CT molecular complexity index is 735. The molecule has 30 heavy (non-hydrogen) atoms. The molecular weight excluding hydrogens is 392 g/mol. The van der Waals surface area contributed by atoms with E-state index in [1.54, 1.807) is 17.0 Å². The molecule has 1 unspecified atom stereocenters. The summed E-state index contributed by atoms with van der Waals surface area (Å²) >= 11 is 0. The summed E-state index contributed by atoms with van der Waals surface area (Å²) in [7, 11) is 5.83. The van der Waals surface area contributed by atoms with Crippen LogP contribution in [-0.4, -0.2) is 88.1 Å². The number of benzene rings is 1. The van der Waals surface area contributed by atoms with Gasteiger partial charge in [0.2, 0.25) is 5.75 Å². The summed E-state index contributed by atoms with van der Waals surface area (Å²) in [5.41, 5.74) is 0.0385. The van der Waals surface area contributed by atoms with Gasteiger partial charge in [0.15, 0.2) is 11.5 Å². The lowest BCUT2D eigenvalue weighted by molar-refractivity contribution is -0.156. The third-order valence-corrected chi connectivity index (χ3v) is 4.83. The quantitative estimate of drug-likeness (QED) is 0.613. The minimum atomic E-state index is -0.614. The number of rotatable bonds is 7. The maximum Gasteiger partial charge on any atom is 0.325 e. The fourth-order valence-electron chi connectivity index (χ4n) is 3.18. The van der Waals surface area contributed by atoms with Gasteiger partial charge in [-0.3, -0.25) is 14.5 Å². The Balaban J connectivity index is 2.24. The van der Waals surface area contributed by atoms with Crippen LogP contribution in [0, 0.1) is 0 Å². The number of methoxy groups -OCH3 is 4. The Labute approximate surface area is 177 Å². The van der Waals surface area contributed by atoms with Crippen molar-refractivity contribution in [1.29, 1.82) is 0 Å². The highest BCUT2D eigenvalue weighted by molar-refractivity contribution is 5.96. The van der Waals surface area contributed by atoms with E-state index >= 15 is 0 Å². The SMILES string of the molecule is COC(=O)C1CN(C(=O)c2cc(OC)c(OC)c(OC)c2)CCN1COC(C)(C)C. The van der Waals surface area contributed by atoms with Crippen molar-refractivity contribution in [3.05, 3.63) is 17.7 Å². The lowest BCUT2D eigenvalue weighted by atomic mass is 10.1. The van der Waals surface area contributed by atoms with E-state index < -0.39 is 12.0 Å². The summed E-state index contributed by atoms with van der Waals surface area (Å²) in [5.74, 6) is 0.548. The van der Waals surface area contributed by atoms with Crippen LogP contribution in [0.1, 0.15) is 31.1 Å². The molecule has 1 aliphatic heterocycles. The van der Waals surface area contributed by atoms with Gasteiger partial charge in [-0.25, -0.2) is 0 Å². The molecule has 9 heteroatoms. The molecule has 1 aromatic rings. The first kappa shape index (κ1) is 23.8. The Morgan fingerprint density at radius 1 is 1.00 bits per heavy atom. The number of carbonyl (C=O) groups excluding carboxylic acids is 2. The highest BCUT2D eigenvalue weighted by Crippen LogP contribution is 2.38. The number of hydrogen-bond donors (Lipinski definition) is 0. The molecule has 0 aromatic heterocycles. The molecule has 0 bridgehead atoms. The maximum atomic E-state index is 13.2. The van der Waals surface area contributed by atoms with Crippen LogP contribution in [0.3, 0.4) is 0 Å². The normalized spacial score (nSPS) is 17.4.